The molecule has 0 bridgehead atoms. The molecule has 1 saturated carbocycles. The van der Waals surface area contributed by atoms with E-state index in [1.807, 2.05) is 0 Å². The van der Waals surface area contributed by atoms with E-state index in [2.05, 4.69) is 0 Å². The van der Waals surface area contributed by atoms with Crippen molar-refractivity contribution in [2.45, 2.75) is 49.4 Å². The molecule has 1 rings (SSSR count). The fourth-order valence-corrected chi connectivity index (χ4v) is 1.47. The van der Waals surface area contributed by atoms with Gasteiger partial charge in [-0.05, 0) is 12.8 Å². The van der Waals surface area contributed by atoms with Crippen molar-refractivity contribution in [3.63, 3.8) is 0 Å². The average Bonchev–Trinajstić information content (AvgIpc) is 2.10. The average molecular weight is 256 g/mol. The van der Waals surface area contributed by atoms with Crippen LogP contribution >= 0.6 is 0 Å². The molecule has 0 heterocycles. The van der Waals surface area contributed by atoms with Gasteiger partial charge in [0.05, 0.1) is 0 Å². The quantitative estimate of drug-likeness (QED) is 0.572. The monoisotopic (exact) mass is 256 g/mol. The van der Waals surface area contributed by atoms with Crippen molar-refractivity contribution < 1.29 is 35.1 Å². The molecule has 0 saturated heterocycles. The van der Waals surface area contributed by atoms with Crippen molar-refractivity contribution in [1.82, 2.24) is 0 Å². The first kappa shape index (κ1) is 13.5. The van der Waals surface area contributed by atoms with Gasteiger partial charge in [0.15, 0.2) is 0 Å². The smallest absolute Gasteiger partial charge is 0.200 e. The van der Waals surface area contributed by atoms with E-state index in [4.69, 9.17) is 0 Å². The van der Waals surface area contributed by atoms with E-state index >= 15 is 0 Å². The maximum atomic E-state index is 12.7. The van der Waals surface area contributed by atoms with Crippen LogP contribution < -0.4 is 0 Å². The van der Waals surface area contributed by atoms with E-state index in [1.54, 1.807) is 0 Å². The third-order valence-corrected chi connectivity index (χ3v) is 2.54. The topological polar surface area (TPSA) is 0 Å². The first-order valence-corrected chi connectivity index (χ1v) is 4.47. The highest BCUT2D eigenvalue weighted by Gasteiger charge is 2.80. The lowest BCUT2D eigenvalue weighted by atomic mass is 9.88. The van der Waals surface area contributed by atoms with Gasteiger partial charge in [-0.15, -0.1) is 0 Å². The summed E-state index contributed by atoms with van der Waals surface area (Å²) >= 11 is 0. The molecule has 0 N–H and O–H groups in total. The standard InChI is InChI=1S/C8H8F8/c9-5(10)3-1-2-4-6(11,12)8(15,16)7(5,13)14/h1-4H2. The van der Waals surface area contributed by atoms with Crippen LogP contribution in [-0.4, -0.2) is 23.7 Å². The van der Waals surface area contributed by atoms with E-state index in [-0.39, 0.29) is 0 Å². The van der Waals surface area contributed by atoms with Crippen molar-refractivity contribution in [3.05, 3.63) is 0 Å². The maximum absolute atomic E-state index is 12.7. The highest BCUT2D eigenvalue weighted by Crippen LogP contribution is 2.56. The summed E-state index contributed by atoms with van der Waals surface area (Å²) < 4.78 is 102. The molecule has 0 unspecified atom stereocenters. The zero-order chi connectivity index (χ0) is 12.8. The molecule has 16 heavy (non-hydrogen) atoms. The van der Waals surface area contributed by atoms with Gasteiger partial charge in [0.2, 0.25) is 0 Å². The van der Waals surface area contributed by atoms with Crippen molar-refractivity contribution in [2.75, 3.05) is 0 Å². The van der Waals surface area contributed by atoms with Crippen LogP contribution in [0.25, 0.3) is 0 Å². The number of alkyl halides is 8. The number of hydrogen-bond acceptors (Lipinski definition) is 0. The summed E-state index contributed by atoms with van der Waals surface area (Å²) in [6.45, 7) is 0. The summed E-state index contributed by atoms with van der Waals surface area (Å²) in [4.78, 5) is 0. The third kappa shape index (κ3) is 1.66. The lowest BCUT2D eigenvalue weighted by molar-refractivity contribution is -0.372. The van der Waals surface area contributed by atoms with Crippen molar-refractivity contribution in [1.29, 1.82) is 0 Å². The Morgan fingerprint density at radius 2 is 0.750 bits per heavy atom. The lowest BCUT2D eigenvalue weighted by Gasteiger charge is -2.38. The Balaban J connectivity index is 3.23. The Morgan fingerprint density at radius 3 is 1.00 bits per heavy atom. The Labute approximate surface area is 85.6 Å². The molecule has 0 spiro atoms. The van der Waals surface area contributed by atoms with E-state index in [9.17, 15) is 35.1 Å². The minimum absolute atomic E-state index is 0.645. The SMILES string of the molecule is FC1(F)CCCCC(F)(F)C(F)(F)C1(F)F. The summed E-state index contributed by atoms with van der Waals surface area (Å²) in [5, 5.41) is 0. The molecule has 1 fully saturated rings. The van der Waals surface area contributed by atoms with E-state index < -0.39 is 49.4 Å². The van der Waals surface area contributed by atoms with Crippen molar-refractivity contribution >= 4 is 0 Å². The van der Waals surface area contributed by atoms with Gasteiger partial charge >= 0.3 is 23.7 Å². The Kier molecular flexibility index (Phi) is 2.92. The predicted molar refractivity (Wildman–Crippen MR) is 38.3 cm³/mol. The summed E-state index contributed by atoms with van der Waals surface area (Å²) in [6.07, 6.45) is -4.33. The second kappa shape index (κ2) is 3.46. The van der Waals surface area contributed by atoms with Crippen LogP contribution in [0.2, 0.25) is 0 Å². The summed E-state index contributed by atoms with van der Waals surface area (Å²) in [7, 11) is 0. The summed E-state index contributed by atoms with van der Waals surface area (Å²) in [6, 6.07) is 0. The molecule has 1 aliphatic carbocycles. The number of hydrogen-bond donors (Lipinski definition) is 0. The van der Waals surface area contributed by atoms with E-state index in [0.29, 0.717) is 0 Å². The third-order valence-electron chi connectivity index (χ3n) is 2.54. The van der Waals surface area contributed by atoms with E-state index in [0.717, 1.165) is 0 Å². The molecule has 1 aliphatic rings. The summed E-state index contributed by atoms with van der Waals surface area (Å²) in [5.74, 6) is -22.3. The molecule has 0 aromatic heterocycles. The molecule has 8 heteroatoms. The van der Waals surface area contributed by atoms with Crippen LogP contribution in [0.3, 0.4) is 0 Å². The molecule has 0 aromatic carbocycles. The number of halogens is 8. The molecular weight excluding hydrogens is 248 g/mol. The lowest BCUT2D eigenvalue weighted by Crippen LogP contribution is -2.62. The van der Waals surface area contributed by atoms with Gasteiger partial charge in [-0.1, -0.05) is 0 Å². The van der Waals surface area contributed by atoms with Crippen LogP contribution in [0, 0.1) is 0 Å². The fraction of sp³-hybridized carbons (Fsp3) is 1.00. The zero-order valence-electron chi connectivity index (χ0n) is 7.85. The van der Waals surface area contributed by atoms with E-state index in [1.165, 1.54) is 0 Å². The minimum Gasteiger partial charge on any atom is -0.200 e. The predicted octanol–water partition coefficient (Wildman–Crippen LogP) is 4.10. The minimum atomic E-state index is -6.04. The molecule has 0 nitrogen and oxygen atoms in total. The normalized spacial score (nSPS) is 31.5. The van der Waals surface area contributed by atoms with Crippen molar-refractivity contribution in [2.24, 2.45) is 0 Å². The van der Waals surface area contributed by atoms with Crippen LogP contribution in [0.1, 0.15) is 25.7 Å². The van der Waals surface area contributed by atoms with Gasteiger partial charge < -0.3 is 0 Å². The van der Waals surface area contributed by atoms with Crippen LogP contribution in [-0.2, 0) is 0 Å². The highest BCUT2D eigenvalue weighted by atomic mass is 19.4. The largest absolute Gasteiger partial charge is 0.378 e. The summed E-state index contributed by atoms with van der Waals surface area (Å²) in [5.41, 5.74) is 0. The van der Waals surface area contributed by atoms with Crippen LogP contribution in [0.4, 0.5) is 35.1 Å². The molecule has 0 radical (unpaired) electrons. The van der Waals surface area contributed by atoms with Crippen LogP contribution in [0.5, 0.6) is 0 Å². The van der Waals surface area contributed by atoms with Gasteiger partial charge in [-0.25, -0.2) is 0 Å². The maximum Gasteiger partial charge on any atom is 0.378 e. The van der Waals surface area contributed by atoms with Crippen LogP contribution in [0.15, 0.2) is 0 Å². The fourth-order valence-electron chi connectivity index (χ4n) is 1.47. The second-order valence-electron chi connectivity index (χ2n) is 3.76. The van der Waals surface area contributed by atoms with Gasteiger partial charge in [0.25, 0.3) is 0 Å². The highest BCUT2D eigenvalue weighted by molar-refractivity contribution is 5.04. The van der Waals surface area contributed by atoms with Gasteiger partial charge in [-0.2, -0.15) is 35.1 Å². The molecule has 0 amide bonds. The van der Waals surface area contributed by atoms with Gasteiger partial charge in [-0.3, -0.25) is 0 Å². The zero-order valence-corrected chi connectivity index (χ0v) is 7.85. The molecule has 0 aliphatic heterocycles. The first-order valence-electron chi connectivity index (χ1n) is 4.47. The first-order chi connectivity index (χ1) is 6.96. The van der Waals surface area contributed by atoms with Gasteiger partial charge in [0.1, 0.15) is 0 Å². The Bertz CT molecular complexity index is 241. The molecule has 0 aromatic rings. The molecular formula is C8H8F8. The second-order valence-corrected chi connectivity index (χ2v) is 3.76. The van der Waals surface area contributed by atoms with Gasteiger partial charge in [0, 0.05) is 12.8 Å². The Morgan fingerprint density at radius 1 is 0.500 bits per heavy atom. The molecule has 96 valence electrons. The van der Waals surface area contributed by atoms with Crippen molar-refractivity contribution in [3.8, 4) is 0 Å². The number of rotatable bonds is 0. The Hall–Kier alpha value is -0.560. The molecule has 0 atom stereocenters.